The first-order chi connectivity index (χ1) is 20.7. The maximum atomic E-state index is 14.7. The lowest BCUT2D eigenvalue weighted by molar-refractivity contribution is 0.0718. The van der Waals surface area contributed by atoms with E-state index in [1.165, 1.54) is 11.3 Å². The van der Waals surface area contributed by atoms with Crippen molar-refractivity contribution in [1.29, 1.82) is 5.26 Å². The Hall–Kier alpha value is -4.03. The van der Waals surface area contributed by atoms with Crippen molar-refractivity contribution in [3.05, 3.63) is 97.2 Å². The molecule has 1 amide bonds. The fourth-order valence-electron chi connectivity index (χ4n) is 5.44. The molecule has 1 atom stereocenters. The largest absolute Gasteiger partial charge is 0.335 e. The zero-order valence-corrected chi connectivity index (χ0v) is 26.4. The molecular formula is C34H34ClN5O2S. The summed E-state index contributed by atoms with van der Waals surface area (Å²) >= 11 is 7.47. The average molecular weight is 612 g/mol. The Morgan fingerprint density at radius 3 is 2.49 bits per heavy atom. The standard InChI is InChI=1S/C34H34ClN5O2S/c1-5-22-8-7-9-23(6-2)31(22)40-30(16-21(3)4)27(33(41)39-15-14-37-26(18-36)19-39)17-28(34(40)42)32-38-29(20-43-32)24-10-12-25(35)13-11-24/h7-13,16-17,20,26,37H,5-6,14-15,19H2,1-4H3. The van der Waals surface area contributed by atoms with Crippen LogP contribution in [-0.4, -0.2) is 46.0 Å². The first-order valence-corrected chi connectivity index (χ1v) is 15.7. The highest BCUT2D eigenvalue weighted by Crippen LogP contribution is 2.32. The van der Waals surface area contributed by atoms with Gasteiger partial charge in [0.1, 0.15) is 11.0 Å². The quantitative estimate of drug-likeness (QED) is 0.249. The van der Waals surface area contributed by atoms with Crippen LogP contribution in [0.15, 0.2) is 64.3 Å². The van der Waals surface area contributed by atoms with E-state index in [0.29, 0.717) is 39.9 Å². The number of benzene rings is 2. The number of aromatic nitrogens is 2. The Labute approximate surface area is 261 Å². The molecule has 0 bridgehead atoms. The Balaban J connectivity index is 1.81. The number of nitrogens with zero attached hydrogens (tertiary/aromatic N) is 4. The van der Waals surface area contributed by atoms with Crippen LogP contribution in [0.5, 0.6) is 0 Å². The van der Waals surface area contributed by atoms with Crippen molar-refractivity contribution < 1.29 is 4.79 Å². The number of allylic oxidation sites excluding steroid dienone is 1. The maximum absolute atomic E-state index is 14.7. The third kappa shape index (κ3) is 6.21. The van der Waals surface area contributed by atoms with Gasteiger partial charge in [0, 0.05) is 35.6 Å². The molecule has 1 saturated heterocycles. The van der Waals surface area contributed by atoms with Gasteiger partial charge in [-0.2, -0.15) is 5.26 Å². The van der Waals surface area contributed by atoms with E-state index in [0.717, 1.165) is 46.5 Å². The Morgan fingerprint density at radius 1 is 1.16 bits per heavy atom. The van der Waals surface area contributed by atoms with Crippen LogP contribution < -0.4 is 10.9 Å². The number of piperazine rings is 1. The molecule has 1 fully saturated rings. The van der Waals surface area contributed by atoms with Gasteiger partial charge >= 0.3 is 0 Å². The van der Waals surface area contributed by atoms with Gasteiger partial charge in [-0.15, -0.1) is 11.3 Å². The van der Waals surface area contributed by atoms with Crippen molar-refractivity contribution in [2.45, 2.75) is 46.6 Å². The summed E-state index contributed by atoms with van der Waals surface area (Å²) < 4.78 is 1.72. The van der Waals surface area contributed by atoms with Crippen molar-refractivity contribution in [1.82, 2.24) is 19.8 Å². The molecule has 1 unspecified atom stereocenters. The summed E-state index contributed by atoms with van der Waals surface area (Å²) in [6.07, 6.45) is 3.35. The van der Waals surface area contributed by atoms with Gasteiger partial charge in [-0.3, -0.25) is 19.5 Å². The first kappa shape index (κ1) is 30.4. The molecule has 2 aromatic carbocycles. The average Bonchev–Trinajstić information content (AvgIpc) is 3.51. The number of rotatable bonds is 7. The van der Waals surface area contributed by atoms with Crippen LogP contribution in [0.4, 0.5) is 0 Å². The zero-order valence-electron chi connectivity index (χ0n) is 24.8. The van der Waals surface area contributed by atoms with Gasteiger partial charge in [-0.1, -0.05) is 61.4 Å². The van der Waals surface area contributed by atoms with Crippen LogP contribution in [0.3, 0.4) is 0 Å². The number of hydrogen-bond donors (Lipinski definition) is 1. The molecule has 0 aliphatic carbocycles. The number of para-hydroxylation sites is 1. The topological polar surface area (TPSA) is 91.0 Å². The van der Waals surface area contributed by atoms with Crippen LogP contribution in [0.25, 0.3) is 33.6 Å². The second-order valence-corrected chi connectivity index (χ2v) is 12.1. The fraction of sp³-hybridized carbons (Fsp3) is 0.294. The van der Waals surface area contributed by atoms with Crippen LogP contribution in [0, 0.1) is 11.3 Å². The molecule has 220 valence electrons. The molecule has 1 aliphatic heterocycles. The van der Waals surface area contributed by atoms with E-state index in [2.05, 4.69) is 25.2 Å². The predicted octanol–water partition coefficient (Wildman–Crippen LogP) is 6.77. The SMILES string of the molecule is CCc1cccc(CC)c1-n1c(C=C(C)C)c(C(=O)N2CCNC(C#N)C2)cc(-c2nc(-c3ccc(Cl)cc3)cs2)c1=O. The first-order valence-electron chi connectivity index (χ1n) is 14.5. The lowest BCUT2D eigenvalue weighted by Gasteiger charge is -2.31. The minimum Gasteiger partial charge on any atom is -0.335 e. The highest BCUT2D eigenvalue weighted by Gasteiger charge is 2.29. The number of pyridine rings is 1. The fourth-order valence-corrected chi connectivity index (χ4v) is 6.40. The molecule has 43 heavy (non-hydrogen) atoms. The smallest absolute Gasteiger partial charge is 0.265 e. The van der Waals surface area contributed by atoms with Crippen LogP contribution >= 0.6 is 22.9 Å². The van der Waals surface area contributed by atoms with Gasteiger partial charge < -0.3 is 4.90 Å². The van der Waals surface area contributed by atoms with Gasteiger partial charge in [0.05, 0.1) is 34.3 Å². The van der Waals surface area contributed by atoms with E-state index < -0.39 is 6.04 Å². The number of thiazole rings is 1. The second kappa shape index (κ2) is 13.1. The van der Waals surface area contributed by atoms with E-state index in [1.807, 2.05) is 67.8 Å². The van der Waals surface area contributed by atoms with Crippen molar-refractivity contribution >= 4 is 34.9 Å². The normalized spacial score (nSPS) is 14.8. The van der Waals surface area contributed by atoms with Gasteiger partial charge in [0.2, 0.25) is 0 Å². The molecule has 0 saturated carbocycles. The van der Waals surface area contributed by atoms with Crippen molar-refractivity contribution in [3.63, 3.8) is 0 Å². The van der Waals surface area contributed by atoms with Gasteiger partial charge in [-0.05, 0) is 62.1 Å². The third-order valence-corrected chi connectivity index (χ3v) is 8.70. The van der Waals surface area contributed by atoms with Crippen LogP contribution in [0.1, 0.15) is 54.9 Å². The number of nitrogens with one attached hydrogen (secondary N) is 1. The molecule has 0 radical (unpaired) electrons. The third-order valence-electron chi connectivity index (χ3n) is 7.58. The van der Waals surface area contributed by atoms with E-state index in [1.54, 1.807) is 15.5 Å². The monoisotopic (exact) mass is 611 g/mol. The molecule has 4 aromatic rings. The molecule has 0 spiro atoms. The Kier molecular flexibility index (Phi) is 9.26. The number of aryl methyl sites for hydroxylation is 2. The summed E-state index contributed by atoms with van der Waals surface area (Å²) in [5.74, 6) is -0.217. The summed E-state index contributed by atoms with van der Waals surface area (Å²) in [4.78, 5) is 35.5. The predicted molar refractivity (Wildman–Crippen MR) is 175 cm³/mol. The summed E-state index contributed by atoms with van der Waals surface area (Å²) in [5.41, 5.74) is 6.50. The van der Waals surface area contributed by atoms with E-state index in [4.69, 9.17) is 16.6 Å². The molecule has 1 aliphatic rings. The summed E-state index contributed by atoms with van der Waals surface area (Å²) in [6, 6.07) is 17.0. The maximum Gasteiger partial charge on any atom is 0.265 e. The van der Waals surface area contributed by atoms with Gasteiger partial charge in [-0.25, -0.2) is 4.98 Å². The minimum absolute atomic E-state index is 0.217. The molecule has 3 heterocycles. The van der Waals surface area contributed by atoms with Gasteiger partial charge in [0.15, 0.2) is 0 Å². The highest BCUT2D eigenvalue weighted by atomic mass is 35.5. The van der Waals surface area contributed by atoms with E-state index in [-0.39, 0.29) is 18.0 Å². The highest BCUT2D eigenvalue weighted by molar-refractivity contribution is 7.13. The molecule has 5 rings (SSSR count). The number of nitriles is 1. The molecule has 7 nitrogen and oxygen atoms in total. The summed E-state index contributed by atoms with van der Waals surface area (Å²) in [5, 5.41) is 15.8. The zero-order chi connectivity index (χ0) is 30.7. The molecular weight excluding hydrogens is 578 g/mol. The Morgan fingerprint density at radius 2 is 1.86 bits per heavy atom. The van der Waals surface area contributed by atoms with Crippen molar-refractivity contribution in [2.24, 2.45) is 0 Å². The van der Waals surface area contributed by atoms with E-state index in [9.17, 15) is 14.9 Å². The van der Waals surface area contributed by atoms with Gasteiger partial charge in [0.25, 0.3) is 11.5 Å². The second-order valence-electron chi connectivity index (χ2n) is 10.8. The molecule has 2 aromatic heterocycles. The van der Waals surface area contributed by atoms with Crippen molar-refractivity contribution in [3.8, 4) is 33.6 Å². The number of hydrogen-bond acceptors (Lipinski definition) is 6. The van der Waals surface area contributed by atoms with Crippen LogP contribution in [-0.2, 0) is 12.8 Å². The number of carbonyl (C=O) groups is 1. The Bertz CT molecular complexity index is 1770. The van der Waals surface area contributed by atoms with E-state index >= 15 is 0 Å². The summed E-state index contributed by atoms with van der Waals surface area (Å²) in [7, 11) is 0. The molecule has 1 N–H and O–H groups in total. The lowest BCUT2D eigenvalue weighted by atomic mass is 9.99. The lowest BCUT2D eigenvalue weighted by Crippen LogP contribution is -2.52. The number of amides is 1. The minimum atomic E-state index is -0.455. The number of carbonyl (C=O) groups excluding carboxylic acids is 1. The van der Waals surface area contributed by atoms with Crippen LogP contribution in [0.2, 0.25) is 5.02 Å². The number of halogens is 1. The molecule has 9 heteroatoms. The van der Waals surface area contributed by atoms with Crippen molar-refractivity contribution in [2.75, 3.05) is 19.6 Å². The summed E-state index contributed by atoms with van der Waals surface area (Å²) in [6.45, 7) is 9.30.